The number of esters is 1. The molecule has 0 aromatic carbocycles. The molecule has 316 valence electrons. The average Bonchev–Trinajstić information content (AvgIpc) is 3.41. The second kappa shape index (κ2) is 12.8. The highest BCUT2D eigenvalue weighted by Crippen LogP contribution is 2.79. The topological polar surface area (TPSA) is 102 Å². The van der Waals surface area contributed by atoms with E-state index in [4.69, 9.17) is 9.84 Å². The minimum Gasteiger partial charge on any atom is -0.481 e. The SMILES string of the molecule is Cc1cc(C)n(C[C@@H]2CCCN2C(=O)[C@]23CC[C@@H](C4(C)CC4)[C@@H]2[C@H]2CC[C@@H]4[C@@]5(C)CC[C@H](OC(=O)[C@H]6C[C@@H](C(=O)O)C6(C)C)C(C)(C)[C@@H]5CC[C@@]4(C)[C@]2(C)CC3)n1. The number of ether oxygens (including phenoxy) is 1. The largest absolute Gasteiger partial charge is 0.481 e. The quantitative estimate of drug-likeness (QED) is 0.276. The molecule has 1 amide bonds. The van der Waals surface area contributed by atoms with Crippen molar-refractivity contribution in [3.63, 3.8) is 0 Å². The van der Waals surface area contributed by atoms with Crippen LogP contribution < -0.4 is 0 Å². The van der Waals surface area contributed by atoms with E-state index in [0.29, 0.717) is 47.3 Å². The van der Waals surface area contributed by atoms with Crippen molar-refractivity contribution in [1.82, 2.24) is 14.7 Å². The lowest BCUT2D eigenvalue weighted by Crippen LogP contribution is -2.68. The fourth-order valence-corrected chi connectivity index (χ4v) is 17.1. The lowest BCUT2D eigenvalue weighted by molar-refractivity contribution is -0.253. The maximum absolute atomic E-state index is 15.5. The summed E-state index contributed by atoms with van der Waals surface area (Å²) in [6.07, 6.45) is 16.4. The van der Waals surface area contributed by atoms with Crippen LogP contribution >= 0.6 is 0 Å². The maximum atomic E-state index is 15.5. The third-order valence-electron chi connectivity index (χ3n) is 21.0. The molecule has 1 aliphatic heterocycles. The number of nitrogens with zero attached hydrogens (tertiary/aromatic N) is 3. The van der Waals surface area contributed by atoms with Crippen molar-refractivity contribution < 1.29 is 24.2 Å². The van der Waals surface area contributed by atoms with Crippen LogP contribution in [0.2, 0.25) is 0 Å². The van der Waals surface area contributed by atoms with Crippen LogP contribution in [0.15, 0.2) is 6.07 Å². The van der Waals surface area contributed by atoms with Gasteiger partial charge in [-0.3, -0.25) is 19.1 Å². The minimum absolute atomic E-state index is 0.144. The van der Waals surface area contributed by atoms with E-state index in [1.54, 1.807) is 0 Å². The normalized spacial score (nSPS) is 46.1. The summed E-state index contributed by atoms with van der Waals surface area (Å²) >= 11 is 0. The van der Waals surface area contributed by atoms with Crippen molar-refractivity contribution in [2.45, 2.75) is 184 Å². The lowest BCUT2D eigenvalue weighted by Gasteiger charge is -2.73. The van der Waals surface area contributed by atoms with Gasteiger partial charge in [-0.15, -0.1) is 0 Å². The number of amides is 1. The molecule has 0 radical (unpaired) electrons. The Morgan fingerprint density at radius 2 is 1.51 bits per heavy atom. The van der Waals surface area contributed by atoms with Crippen molar-refractivity contribution in [3.8, 4) is 0 Å². The highest BCUT2D eigenvalue weighted by atomic mass is 16.5. The van der Waals surface area contributed by atoms with Gasteiger partial charge in [0.1, 0.15) is 6.10 Å². The first kappa shape index (κ1) is 40.0. The summed E-state index contributed by atoms with van der Waals surface area (Å²) in [5, 5.41) is 14.5. The molecule has 8 heteroatoms. The van der Waals surface area contributed by atoms with Crippen LogP contribution in [0.25, 0.3) is 0 Å². The van der Waals surface area contributed by atoms with Gasteiger partial charge in [0.15, 0.2) is 0 Å². The Hall–Kier alpha value is -2.38. The van der Waals surface area contributed by atoms with E-state index in [-0.39, 0.29) is 51.1 Å². The van der Waals surface area contributed by atoms with Crippen LogP contribution in [-0.2, 0) is 25.7 Å². The van der Waals surface area contributed by atoms with E-state index in [2.05, 4.69) is 71.0 Å². The molecule has 8 nitrogen and oxygen atoms in total. The first-order valence-corrected chi connectivity index (χ1v) is 23.4. The van der Waals surface area contributed by atoms with Crippen LogP contribution in [-0.4, -0.2) is 56.3 Å². The molecule has 7 aliphatic carbocycles. The van der Waals surface area contributed by atoms with Gasteiger partial charge in [-0.1, -0.05) is 55.4 Å². The lowest BCUT2D eigenvalue weighted by atomic mass is 9.32. The van der Waals surface area contributed by atoms with E-state index in [1.807, 2.05) is 13.8 Å². The summed E-state index contributed by atoms with van der Waals surface area (Å²) < 4.78 is 8.64. The molecule has 7 saturated carbocycles. The second-order valence-electron chi connectivity index (χ2n) is 23.8. The van der Waals surface area contributed by atoms with Crippen LogP contribution in [0.5, 0.6) is 0 Å². The molecule has 8 aliphatic rings. The van der Waals surface area contributed by atoms with Crippen molar-refractivity contribution in [1.29, 1.82) is 0 Å². The molecule has 1 aromatic heterocycles. The Balaban J connectivity index is 0.976. The average molecular weight is 786 g/mol. The standard InChI is InChI=1S/C49H75N3O5/c1-29-26-30(2)52(50-29)28-31-12-11-25-51(31)42(56)49-20-15-32(45(7)21-22-45)39(49)33-13-14-37-46(8)18-17-38(57-41(55)35-27-34(40(53)54)43(35,3)4)44(5,6)36(46)16-19-48(37,10)47(33,9)23-24-49/h26,31-39H,11-25,27-28H2,1-10H3,(H,53,54)/t31-,32+,33+,34-,35+,36-,37+,38-,39+,46-,47+,48+,49-/m0/s1. The molecule has 13 atom stereocenters. The monoisotopic (exact) mass is 786 g/mol. The number of aryl methyl sites for hydroxylation is 2. The van der Waals surface area contributed by atoms with Crippen molar-refractivity contribution in [2.75, 3.05) is 6.54 Å². The molecule has 57 heavy (non-hydrogen) atoms. The Morgan fingerprint density at radius 1 is 0.772 bits per heavy atom. The Bertz CT molecular complexity index is 1830. The number of fused-ring (bicyclic) bond motifs is 7. The summed E-state index contributed by atoms with van der Waals surface area (Å²) in [7, 11) is 0. The van der Waals surface area contributed by atoms with Crippen LogP contribution in [0, 0.1) is 93.2 Å². The summed E-state index contributed by atoms with van der Waals surface area (Å²) in [6.45, 7) is 25.1. The third kappa shape index (κ3) is 5.47. The van der Waals surface area contributed by atoms with Gasteiger partial charge in [-0.2, -0.15) is 5.10 Å². The zero-order chi connectivity index (χ0) is 40.9. The first-order chi connectivity index (χ1) is 26.6. The summed E-state index contributed by atoms with van der Waals surface area (Å²) in [5.41, 5.74) is 2.21. The number of carboxylic acid groups (broad SMARTS) is 1. The van der Waals surface area contributed by atoms with Gasteiger partial charge >= 0.3 is 11.9 Å². The van der Waals surface area contributed by atoms with Gasteiger partial charge in [0.25, 0.3) is 0 Å². The number of carbonyl (C=O) groups excluding carboxylic acids is 2. The zero-order valence-corrected chi connectivity index (χ0v) is 37.2. The molecule has 0 unspecified atom stereocenters. The molecule has 1 saturated heterocycles. The fourth-order valence-electron chi connectivity index (χ4n) is 17.1. The first-order valence-electron chi connectivity index (χ1n) is 23.4. The van der Waals surface area contributed by atoms with Gasteiger partial charge in [-0.05, 0) is 173 Å². The van der Waals surface area contributed by atoms with Gasteiger partial charge in [0, 0.05) is 17.7 Å². The number of hydrogen-bond donors (Lipinski definition) is 1. The van der Waals surface area contributed by atoms with Crippen LogP contribution in [0.3, 0.4) is 0 Å². The summed E-state index contributed by atoms with van der Waals surface area (Å²) in [4.78, 5) is 43.4. The van der Waals surface area contributed by atoms with Crippen molar-refractivity contribution in [2.24, 2.45) is 79.3 Å². The number of likely N-dealkylation sites (tertiary alicyclic amines) is 1. The molecule has 9 rings (SSSR count). The van der Waals surface area contributed by atoms with E-state index in [1.165, 1.54) is 44.2 Å². The summed E-state index contributed by atoms with van der Waals surface area (Å²) in [6, 6.07) is 2.40. The van der Waals surface area contributed by atoms with Gasteiger partial charge < -0.3 is 14.7 Å². The van der Waals surface area contributed by atoms with E-state index >= 15 is 4.79 Å². The zero-order valence-electron chi connectivity index (χ0n) is 37.2. The number of hydrogen-bond acceptors (Lipinski definition) is 5. The van der Waals surface area contributed by atoms with Gasteiger partial charge in [0.05, 0.1) is 35.5 Å². The number of rotatable bonds is 7. The molecule has 0 spiro atoms. The molecular formula is C49H75N3O5. The van der Waals surface area contributed by atoms with E-state index < -0.39 is 17.3 Å². The predicted octanol–water partition coefficient (Wildman–Crippen LogP) is 10.0. The Labute approximate surface area is 343 Å². The molecular weight excluding hydrogens is 711 g/mol. The van der Waals surface area contributed by atoms with Gasteiger partial charge in [0.2, 0.25) is 5.91 Å². The number of carbonyl (C=O) groups is 3. The molecule has 1 aromatic rings. The van der Waals surface area contributed by atoms with Crippen molar-refractivity contribution in [3.05, 3.63) is 17.5 Å². The highest BCUT2D eigenvalue weighted by molar-refractivity contribution is 5.84. The second-order valence-corrected chi connectivity index (χ2v) is 23.8. The third-order valence-corrected chi connectivity index (χ3v) is 21.0. The molecule has 8 fully saturated rings. The Morgan fingerprint density at radius 3 is 2.16 bits per heavy atom. The van der Waals surface area contributed by atoms with Crippen LogP contribution in [0.4, 0.5) is 0 Å². The summed E-state index contributed by atoms with van der Waals surface area (Å²) in [5.74, 6) is 1.42. The number of aliphatic carboxylic acids is 1. The van der Waals surface area contributed by atoms with E-state index in [0.717, 1.165) is 70.2 Å². The Kier molecular flexibility index (Phi) is 9.01. The minimum atomic E-state index is -0.807. The maximum Gasteiger partial charge on any atom is 0.309 e. The van der Waals surface area contributed by atoms with Crippen molar-refractivity contribution >= 4 is 17.8 Å². The number of carboxylic acids is 1. The highest BCUT2D eigenvalue weighted by Gasteiger charge is 2.74. The molecule has 0 bridgehead atoms. The van der Waals surface area contributed by atoms with Crippen LogP contribution in [0.1, 0.15) is 163 Å². The smallest absolute Gasteiger partial charge is 0.309 e. The number of aromatic nitrogens is 2. The predicted molar refractivity (Wildman–Crippen MR) is 221 cm³/mol. The molecule has 1 N–H and O–H groups in total. The fraction of sp³-hybridized carbons (Fsp3) is 0.878. The van der Waals surface area contributed by atoms with Gasteiger partial charge in [-0.25, -0.2) is 0 Å². The van der Waals surface area contributed by atoms with E-state index in [9.17, 15) is 14.7 Å². The molecule has 2 heterocycles.